The molecule has 0 aromatic heterocycles. The van der Waals surface area contributed by atoms with Crippen molar-refractivity contribution in [2.75, 3.05) is 36.0 Å². The summed E-state index contributed by atoms with van der Waals surface area (Å²) >= 11 is 7.95. The Kier molecular flexibility index (Phi) is 7.21. The Hall–Kier alpha value is -2.14. The van der Waals surface area contributed by atoms with Crippen LogP contribution in [0.15, 0.2) is 48.5 Å². The quantitative estimate of drug-likeness (QED) is 0.502. The van der Waals surface area contributed by atoms with E-state index in [4.69, 9.17) is 0 Å². The molecule has 4 heteroatoms. The summed E-state index contributed by atoms with van der Waals surface area (Å²) in [7, 11) is 0. The third-order valence-corrected chi connectivity index (χ3v) is 6.83. The Bertz CT molecular complexity index is 863. The van der Waals surface area contributed by atoms with Gasteiger partial charge in [-0.2, -0.15) is 0 Å². The molecule has 2 aliphatic heterocycles. The molecule has 4 rings (SSSR count). The zero-order chi connectivity index (χ0) is 20.8. The molecule has 154 valence electrons. The molecule has 0 unspecified atom stereocenters. The molecular formula is C26H28N2S2. The molecule has 2 heterocycles. The largest absolute Gasteiger partial charge is 0.372 e. The van der Waals surface area contributed by atoms with Crippen molar-refractivity contribution >= 4 is 36.6 Å². The third kappa shape index (κ3) is 5.12. The van der Waals surface area contributed by atoms with Crippen molar-refractivity contribution < 1.29 is 0 Å². The van der Waals surface area contributed by atoms with Crippen LogP contribution in [0.2, 0.25) is 0 Å². The van der Waals surface area contributed by atoms with E-state index in [2.05, 4.69) is 106 Å². The van der Waals surface area contributed by atoms with Gasteiger partial charge in [0.2, 0.25) is 0 Å². The molecule has 0 radical (unpaired) electrons. The van der Waals surface area contributed by atoms with E-state index in [1.54, 1.807) is 0 Å². The maximum absolute atomic E-state index is 3.98. The SMILES string of the molecule is SC#Cc1ccc(N2CCC(C3CCN(c4ccc(C#CS)cc4)CC3)CC2)cc1. The van der Waals surface area contributed by atoms with E-state index >= 15 is 0 Å². The molecule has 2 aromatic rings. The molecule has 2 aromatic carbocycles. The van der Waals surface area contributed by atoms with Gasteiger partial charge in [-0.3, -0.25) is 0 Å². The Balaban J connectivity index is 1.26. The first-order chi connectivity index (χ1) is 14.8. The zero-order valence-electron chi connectivity index (χ0n) is 17.2. The second kappa shape index (κ2) is 10.3. The first-order valence-electron chi connectivity index (χ1n) is 10.8. The van der Waals surface area contributed by atoms with Crippen LogP contribution >= 0.6 is 25.3 Å². The van der Waals surface area contributed by atoms with Gasteiger partial charge in [-0.25, -0.2) is 0 Å². The number of hydrogen-bond donors (Lipinski definition) is 2. The summed E-state index contributed by atoms with van der Waals surface area (Å²) in [4.78, 5) is 5.05. The lowest BCUT2D eigenvalue weighted by atomic mass is 9.78. The van der Waals surface area contributed by atoms with E-state index in [0.717, 1.165) is 49.1 Å². The highest BCUT2D eigenvalue weighted by Gasteiger charge is 2.29. The smallest absolute Gasteiger partial charge is 0.0367 e. The second-order valence-electron chi connectivity index (χ2n) is 8.22. The van der Waals surface area contributed by atoms with Crippen molar-refractivity contribution in [3.8, 4) is 22.3 Å². The predicted octanol–water partition coefficient (Wildman–Crippen LogP) is 5.30. The number of thiol groups is 2. The molecule has 0 amide bonds. The highest BCUT2D eigenvalue weighted by Crippen LogP contribution is 2.35. The van der Waals surface area contributed by atoms with Crippen LogP contribution in [0.5, 0.6) is 0 Å². The van der Waals surface area contributed by atoms with Crippen molar-refractivity contribution in [2.24, 2.45) is 11.8 Å². The summed E-state index contributed by atoms with van der Waals surface area (Å²) in [6, 6.07) is 17.2. The highest BCUT2D eigenvalue weighted by atomic mass is 32.1. The molecule has 2 aliphatic rings. The molecule has 2 fully saturated rings. The van der Waals surface area contributed by atoms with Gasteiger partial charge in [0.1, 0.15) is 0 Å². The van der Waals surface area contributed by atoms with Gasteiger partial charge in [-0.1, -0.05) is 37.1 Å². The maximum Gasteiger partial charge on any atom is 0.0367 e. The van der Waals surface area contributed by atoms with Crippen LogP contribution in [-0.4, -0.2) is 26.2 Å². The van der Waals surface area contributed by atoms with Gasteiger partial charge < -0.3 is 9.80 Å². The number of piperidine rings is 2. The number of hydrogen-bond acceptors (Lipinski definition) is 4. The van der Waals surface area contributed by atoms with E-state index in [9.17, 15) is 0 Å². The lowest BCUT2D eigenvalue weighted by Gasteiger charge is -2.41. The Morgan fingerprint density at radius 2 is 0.900 bits per heavy atom. The van der Waals surface area contributed by atoms with Crippen LogP contribution < -0.4 is 9.80 Å². The predicted molar refractivity (Wildman–Crippen MR) is 134 cm³/mol. The molecule has 0 spiro atoms. The fraction of sp³-hybridized carbons (Fsp3) is 0.385. The minimum Gasteiger partial charge on any atom is -0.372 e. The summed E-state index contributed by atoms with van der Waals surface area (Å²) < 4.78 is 0. The molecule has 0 atom stereocenters. The van der Waals surface area contributed by atoms with Crippen molar-refractivity contribution in [3.63, 3.8) is 0 Å². The average Bonchev–Trinajstić information content (AvgIpc) is 2.81. The summed E-state index contributed by atoms with van der Waals surface area (Å²) in [6.07, 6.45) is 5.22. The van der Waals surface area contributed by atoms with Gasteiger partial charge in [0.25, 0.3) is 0 Å². The van der Waals surface area contributed by atoms with Crippen LogP contribution in [0.25, 0.3) is 0 Å². The Morgan fingerprint density at radius 3 is 1.20 bits per heavy atom. The second-order valence-corrected chi connectivity index (χ2v) is 8.66. The van der Waals surface area contributed by atoms with Crippen molar-refractivity contribution in [1.29, 1.82) is 0 Å². The topological polar surface area (TPSA) is 6.48 Å². The summed E-state index contributed by atoms with van der Waals surface area (Å²) in [6.45, 7) is 4.65. The number of anilines is 2. The van der Waals surface area contributed by atoms with E-state index in [-0.39, 0.29) is 0 Å². The van der Waals surface area contributed by atoms with E-state index in [1.807, 2.05) is 0 Å². The first-order valence-corrected chi connectivity index (χ1v) is 11.7. The minimum atomic E-state index is 0.866. The molecule has 0 N–H and O–H groups in total. The van der Waals surface area contributed by atoms with Crippen LogP contribution in [0.4, 0.5) is 11.4 Å². The average molecular weight is 433 g/mol. The fourth-order valence-electron chi connectivity index (χ4n) is 4.90. The van der Waals surface area contributed by atoms with Gasteiger partial charge in [0.15, 0.2) is 0 Å². The van der Waals surface area contributed by atoms with Gasteiger partial charge in [0, 0.05) is 48.7 Å². The highest BCUT2D eigenvalue weighted by molar-refractivity contribution is 7.85. The normalized spacial score (nSPS) is 17.7. The van der Waals surface area contributed by atoms with Crippen molar-refractivity contribution in [1.82, 2.24) is 0 Å². The van der Waals surface area contributed by atoms with E-state index in [1.165, 1.54) is 37.1 Å². The van der Waals surface area contributed by atoms with Crippen LogP contribution in [0.3, 0.4) is 0 Å². The van der Waals surface area contributed by atoms with E-state index < -0.39 is 0 Å². The Morgan fingerprint density at radius 1 is 0.567 bits per heavy atom. The first kappa shape index (κ1) is 21.1. The minimum absolute atomic E-state index is 0.866. The monoisotopic (exact) mass is 432 g/mol. The molecule has 30 heavy (non-hydrogen) atoms. The number of rotatable bonds is 3. The number of nitrogens with zero attached hydrogens (tertiary/aromatic N) is 2. The van der Waals surface area contributed by atoms with Gasteiger partial charge in [-0.05, 0) is 96.6 Å². The lowest BCUT2D eigenvalue weighted by molar-refractivity contribution is 0.233. The van der Waals surface area contributed by atoms with Gasteiger partial charge >= 0.3 is 0 Å². The van der Waals surface area contributed by atoms with Crippen LogP contribution in [-0.2, 0) is 0 Å². The Labute approximate surface area is 191 Å². The fourth-order valence-corrected chi connectivity index (χ4v) is 5.16. The third-order valence-electron chi connectivity index (χ3n) is 6.61. The summed E-state index contributed by atoms with van der Waals surface area (Å²) in [5.41, 5.74) is 4.69. The van der Waals surface area contributed by atoms with Crippen LogP contribution in [0.1, 0.15) is 36.8 Å². The van der Waals surface area contributed by atoms with Crippen molar-refractivity contribution in [2.45, 2.75) is 25.7 Å². The molecule has 0 bridgehead atoms. The number of benzene rings is 2. The maximum atomic E-state index is 3.98. The summed E-state index contributed by atoms with van der Waals surface area (Å²) in [5, 5.41) is 5.33. The van der Waals surface area contributed by atoms with Gasteiger partial charge in [-0.15, -0.1) is 0 Å². The molecule has 2 nitrogen and oxygen atoms in total. The molecular weight excluding hydrogens is 404 g/mol. The summed E-state index contributed by atoms with van der Waals surface area (Å²) in [5.74, 6) is 7.72. The van der Waals surface area contributed by atoms with Crippen molar-refractivity contribution in [3.05, 3.63) is 59.7 Å². The van der Waals surface area contributed by atoms with Gasteiger partial charge in [0.05, 0.1) is 0 Å². The molecule has 0 aliphatic carbocycles. The zero-order valence-corrected chi connectivity index (χ0v) is 19.0. The molecule has 0 saturated carbocycles. The van der Waals surface area contributed by atoms with E-state index in [0.29, 0.717) is 0 Å². The molecule has 2 saturated heterocycles. The van der Waals surface area contributed by atoms with Crippen LogP contribution in [0, 0.1) is 34.2 Å². The lowest BCUT2D eigenvalue weighted by Crippen LogP contribution is -2.40. The standard InChI is InChI=1S/C26H28N2S2/c29-19-13-21-1-5-25(6-2-21)27-15-9-23(10-16-27)24-11-17-28(18-12-24)26-7-3-22(4-8-26)14-20-30/h1-8,23-24,29-30H,9-12,15-18H2.